The Hall–Kier alpha value is -2.16. The average Bonchev–Trinajstić information content (AvgIpc) is 2.49. The maximum atomic E-state index is 9.15. The molecule has 0 aromatic carbocycles. The molecule has 0 aliphatic rings. The number of aliphatic hydroxyl groups is 2. The molecule has 0 aromatic rings. The third-order valence-corrected chi connectivity index (χ3v) is 3.50. The van der Waals surface area contributed by atoms with Gasteiger partial charge in [-0.25, -0.2) is 0 Å². The van der Waals surface area contributed by atoms with E-state index in [0.717, 1.165) is 24.0 Å². The third kappa shape index (κ3) is 4.69. The zero-order valence-electron chi connectivity index (χ0n) is 13.5. The number of aliphatic hydroxyl groups excluding tert-OH is 1. The van der Waals surface area contributed by atoms with E-state index in [1.165, 1.54) is 0 Å². The molecule has 0 saturated heterocycles. The zero-order valence-corrected chi connectivity index (χ0v) is 13.5. The van der Waals surface area contributed by atoms with Crippen LogP contribution in [0.2, 0.25) is 0 Å². The fourth-order valence-electron chi connectivity index (χ4n) is 1.74. The predicted octanol–water partition coefficient (Wildman–Crippen LogP) is 4.55. The summed E-state index contributed by atoms with van der Waals surface area (Å²) in [4.78, 5) is 0. The average molecular weight is 298 g/mol. The largest absolute Gasteiger partial charge is 0.364 e. The van der Waals surface area contributed by atoms with Crippen molar-refractivity contribution >= 4 is 0 Å². The van der Waals surface area contributed by atoms with E-state index < -0.39 is 6.29 Å². The quantitative estimate of drug-likeness (QED) is 0.459. The smallest absolute Gasteiger partial charge is 0.178 e. The molecule has 0 bridgehead atoms. The lowest BCUT2D eigenvalue weighted by Crippen LogP contribution is -2.11. The van der Waals surface area contributed by atoms with E-state index in [1.807, 2.05) is 0 Å². The van der Waals surface area contributed by atoms with Crippen molar-refractivity contribution in [1.29, 1.82) is 0 Å². The second kappa shape index (κ2) is 8.32. The molecule has 2 nitrogen and oxygen atoms in total. The highest BCUT2D eigenvalue weighted by atomic mass is 16.5. The summed E-state index contributed by atoms with van der Waals surface area (Å²) < 4.78 is 0. The van der Waals surface area contributed by atoms with E-state index in [1.54, 1.807) is 0 Å². The van der Waals surface area contributed by atoms with Crippen LogP contribution in [-0.2, 0) is 0 Å². The van der Waals surface area contributed by atoms with Crippen LogP contribution in [0.3, 0.4) is 0 Å². The third-order valence-electron chi connectivity index (χ3n) is 3.50. The molecule has 0 fully saturated rings. The van der Waals surface area contributed by atoms with Gasteiger partial charge in [-0.2, -0.15) is 0 Å². The summed E-state index contributed by atoms with van der Waals surface area (Å²) in [5, 5.41) is 18.3. The van der Waals surface area contributed by atoms with Crippen LogP contribution in [0.5, 0.6) is 0 Å². The van der Waals surface area contributed by atoms with Gasteiger partial charge in [0.1, 0.15) is 0 Å². The lowest BCUT2D eigenvalue weighted by Gasteiger charge is -2.20. The number of rotatable bonds is 10. The second-order valence-electron chi connectivity index (χ2n) is 5.12. The Kier molecular flexibility index (Phi) is 7.51. The molecule has 0 rings (SSSR count). The van der Waals surface area contributed by atoms with Gasteiger partial charge in [0, 0.05) is 5.57 Å². The molecule has 0 aromatic heterocycles. The molecular formula is C20H26O2. The van der Waals surface area contributed by atoms with Crippen LogP contribution < -0.4 is 0 Å². The summed E-state index contributed by atoms with van der Waals surface area (Å²) in [6.07, 6.45) is 0.113. The van der Waals surface area contributed by atoms with E-state index in [4.69, 9.17) is 10.2 Å². The Morgan fingerprint density at radius 1 is 0.682 bits per heavy atom. The summed E-state index contributed by atoms with van der Waals surface area (Å²) in [5.41, 5.74) is 4.14. The van der Waals surface area contributed by atoms with Crippen molar-refractivity contribution in [2.24, 2.45) is 0 Å². The standard InChI is InChI=1S/C20H26O2/c1-10-11-12(2)13(3)14(4)15(5)16(6)17(7)18(8)19(9)20(21)22/h20-22H,2-11H2,1H3. The first-order valence-corrected chi connectivity index (χ1v) is 6.94. The minimum atomic E-state index is -1.69. The van der Waals surface area contributed by atoms with Crippen molar-refractivity contribution < 1.29 is 10.2 Å². The minimum absolute atomic E-state index is 0.0683. The first kappa shape index (κ1) is 19.8. The Bertz CT molecular complexity index is 583. The van der Waals surface area contributed by atoms with Crippen molar-refractivity contribution in [3.05, 3.63) is 97.2 Å². The van der Waals surface area contributed by atoms with Gasteiger partial charge < -0.3 is 10.2 Å². The van der Waals surface area contributed by atoms with Gasteiger partial charge in [0.15, 0.2) is 6.29 Å². The Labute approximate surface area is 134 Å². The van der Waals surface area contributed by atoms with E-state index in [-0.39, 0.29) is 5.57 Å². The lowest BCUT2D eigenvalue weighted by molar-refractivity contribution is -0.00527. The summed E-state index contributed by atoms with van der Waals surface area (Å²) in [6.45, 7) is 33.1. The van der Waals surface area contributed by atoms with Crippen molar-refractivity contribution in [2.75, 3.05) is 0 Å². The highest BCUT2D eigenvalue weighted by Gasteiger charge is 2.17. The molecule has 0 atom stereocenters. The molecule has 2 N–H and O–H groups in total. The van der Waals surface area contributed by atoms with Gasteiger partial charge in [-0.05, 0) is 45.4 Å². The highest BCUT2D eigenvalue weighted by molar-refractivity contribution is 5.66. The molecule has 0 radical (unpaired) electrons. The van der Waals surface area contributed by atoms with Crippen LogP contribution in [0.4, 0.5) is 0 Å². The lowest BCUT2D eigenvalue weighted by atomic mass is 9.85. The summed E-state index contributed by atoms with van der Waals surface area (Å²) >= 11 is 0. The SMILES string of the molecule is C=C(CCC)C(=C)C(=C)C(=C)C(=C)C(=C)C(=C)C(=C)C(O)O. The van der Waals surface area contributed by atoms with Gasteiger partial charge in [0.25, 0.3) is 0 Å². The predicted molar refractivity (Wildman–Crippen MR) is 96.3 cm³/mol. The molecule has 0 heterocycles. The Morgan fingerprint density at radius 2 is 1.05 bits per heavy atom. The molecular weight excluding hydrogens is 272 g/mol. The van der Waals surface area contributed by atoms with Gasteiger partial charge >= 0.3 is 0 Å². The van der Waals surface area contributed by atoms with Gasteiger partial charge in [-0.1, -0.05) is 66.0 Å². The van der Waals surface area contributed by atoms with Crippen LogP contribution in [0.15, 0.2) is 97.2 Å². The molecule has 22 heavy (non-hydrogen) atoms. The number of hydrogen-bond donors (Lipinski definition) is 2. The van der Waals surface area contributed by atoms with E-state index in [0.29, 0.717) is 27.9 Å². The molecule has 2 heteroatoms. The molecule has 118 valence electrons. The van der Waals surface area contributed by atoms with E-state index in [9.17, 15) is 0 Å². The first-order chi connectivity index (χ1) is 10.1. The van der Waals surface area contributed by atoms with Crippen molar-refractivity contribution in [2.45, 2.75) is 26.1 Å². The molecule has 0 aliphatic carbocycles. The maximum absolute atomic E-state index is 9.15. The maximum Gasteiger partial charge on any atom is 0.178 e. The summed E-state index contributed by atoms with van der Waals surface area (Å²) in [6, 6.07) is 0. The zero-order chi connectivity index (χ0) is 17.6. The fraction of sp³-hybridized carbons (Fsp3) is 0.200. The monoisotopic (exact) mass is 298 g/mol. The van der Waals surface area contributed by atoms with Gasteiger partial charge in [0.05, 0.1) is 0 Å². The molecule has 0 amide bonds. The Balaban J connectivity index is 5.12. The van der Waals surface area contributed by atoms with Crippen molar-refractivity contribution in [3.63, 3.8) is 0 Å². The van der Waals surface area contributed by atoms with Crippen LogP contribution in [0.25, 0.3) is 0 Å². The number of hydrogen-bond acceptors (Lipinski definition) is 2. The van der Waals surface area contributed by atoms with Crippen LogP contribution >= 0.6 is 0 Å². The molecule has 0 unspecified atom stereocenters. The van der Waals surface area contributed by atoms with E-state index >= 15 is 0 Å². The van der Waals surface area contributed by atoms with Crippen LogP contribution in [0, 0.1) is 0 Å². The minimum Gasteiger partial charge on any atom is -0.364 e. The van der Waals surface area contributed by atoms with Crippen molar-refractivity contribution in [1.82, 2.24) is 0 Å². The molecule has 0 aliphatic heterocycles. The van der Waals surface area contributed by atoms with Gasteiger partial charge in [-0.3, -0.25) is 0 Å². The van der Waals surface area contributed by atoms with Crippen molar-refractivity contribution in [3.8, 4) is 0 Å². The molecule has 0 saturated carbocycles. The first-order valence-electron chi connectivity index (χ1n) is 6.94. The van der Waals surface area contributed by atoms with Gasteiger partial charge in [0.2, 0.25) is 0 Å². The van der Waals surface area contributed by atoms with Crippen LogP contribution in [-0.4, -0.2) is 16.5 Å². The van der Waals surface area contributed by atoms with Gasteiger partial charge in [-0.15, -0.1) is 0 Å². The Morgan fingerprint density at radius 3 is 1.41 bits per heavy atom. The molecule has 0 spiro atoms. The highest BCUT2D eigenvalue weighted by Crippen LogP contribution is 2.33. The topological polar surface area (TPSA) is 40.5 Å². The van der Waals surface area contributed by atoms with E-state index in [2.05, 4.69) is 59.6 Å². The summed E-state index contributed by atoms with van der Waals surface area (Å²) in [7, 11) is 0. The normalized spacial score (nSPS) is 10.0. The second-order valence-corrected chi connectivity index (χ2v) is 5.12. The number of allylic oxidation sites excluding steroid dienone is 6. The van der Waals surface area contributed by atoms with Crippen LogP contribution in [0.1, 0.15) is 19.8 Å². The fourth-order valence-corrected chi connectivity index (χ4v) is 1.74. The summed E-state index contributed by atoms with van der Waals surface area (Å²) in [5.74, 6) is 0.